The van der Waals surface area contributed by atoms with Crippen LogP contribution in [0.5, 0.6) is 5.75 Å². The first-order valence-electron chi connectivity index (χ1n) is 9.90. The molecule has 2 aromatic carbocycles. The molecule has 7 heteroatoms. The van der Waals surface area contributed by atoms with Crippen LogP contribution < -0.4 is 15.0 Å². The highest BCUT2D eigenvalue weighted by Gasteiger charge is 2.29. The largest absolute Gasteiger partial charge is 0.497 e. The quantitative estimate of drug-likeness (QED) is 0.709. The van der Waals surface area contributed by atoms with Gasteiger partial charge in [-0.2, -0.15) is 0 Å². The van der Waals surface area contributed by atoms with E-state index in [2.05, 4.69) is 5.32 Å². The minimum absolute atomic E-state index is 0.206. The average Bonchev–Trinajstić information content (AvgIpc) is 3.19. The molecule has 0 saturated heterocycles. The van der Waals surface area contributed by atoms with E-state index in [-0.39, 0.29) is 18.4 Å². The number of hydrogen-bond acceptors (Lipinski definition) is 5. The van der Waals surface area contributed by atoms with Gasteiger partial charge in [0.1, 0.15) is 11.8 Å². The maximum Gasteiger partial charge on any atom is 0.329 e. The van der Waals surface area contributed by atoms with Gasteiger partial charge in [0.05, 0.1) is 7.11 Å². The predicted octanol–water partition coefficient (Wildman–Crippen LogP) is 2.58. The number of ether oxygens (including phenoxy) is 2. The highest BCUT2D eigenvalue weighted by atomic mass is 16.5. The first kappa shape index (κ1) is 21.4. The number of esters is 1. The SMILES string of the molecule is COc1ccc(C(=O)N[C@H](C(=O)OCC(=O)N2CCc3ccccc32)C(C)C)cc1. The van der Waals surface area contributed by atoms with Crippen molar-refractivity contribution >= 4 is 23.5 Å². The molecule has 1 N–H and O–H groups in total. The summed E-state index contributed by atoms with van der Waals surface area (Å²) in [5.41, 5.74) is 2.36. The molecule has 7 nitrogen and oxygen atoms in total. The van der Waals surface area contributed by atoms with Crippen LogP contribution in [0.15, 0.2) is 48.5 Å². The Labute approximate surface area is 176 Å². The first-order chi connectivity index (χ1) is 14.4. The van der Waals surface area contributed by atoms with Crippen molar-refractivity contribution in [3.63, 3.8) is 0 Å². The van der Waals surface area contributed by atoms with Gasteiger partial charge in [0.25, 0.3) is 11.8 Å². The molecule has 2 amide bonds. The summed E-state index contributed by atoms with van der Waals surface area (Å²) in [5.74, 6) is -0.881. The number of carbonyl (C=O) groups is 3. The molecule has 0 aromatic heterocycles. The molecular formula is C23H26N2O5. The van der Waals surface area contributed by atoms with Gasteiger partial charge in [-0.15, -0.1) is 0 Å². The standard InChI is InChI=1S/C23H26N2O5/c1-15(2)21(24-22(27)17-8-10-18(29-3)11-9-17)23(28)30-14-20(26)25-13-12-16-6-4-5-7-19(16)25/h4-11,15,21H,12-14H2,1-3H3,(H,24,27)/t21-/m0/s1. The number of amides is 2. The molecule has 1 atom stereocenters. The Kier molecular flexibility index (Phi) is 6.72. The normalized spacial score (nSPS) is 13.5. The molecule has 0 fully saturated rings. The number of anilines is 1. The lowest BCUT2D eigenvalue weighted by Gasteiger charge is -2.22. The Morgan fingerprint density at radius 2 is 1.77 bits per heavy atom. The Bertz CT molecular complexity index is 923. The number of methoxy groups -OCH3 is 1. The van der Waals surface area contributed by atoms with Gasteiger partial charge < -0.3 is 19.7 Å². The van der Waals surface area contributed by atoms with E-state index in [4.69, 9.17) is 9.47 Å². The molecule has 0 saturated carbocycles. The fraction of sp³-hybridized carbons (Fsp3) is 0.348. The van der Waals surface area contributed by atoms with Crippen molar-refractivity contribution in [2.45, 2.75) is 26.3 Å². The minimum Gasteiger partial charge on any atom is -0.497 e. The zero-order valence-corrected chi connectivity index (χ0v) is 17.4. The molecule has 0 unspecified atom stereocenters. The number of fused-ring (bicyclic) bond motifs is 1. The van der Waals surface area contributed by atoms with Gasteiger partial charge in [0.15, 0.2) is 6.61 Å². The second-order valence-corrected chi connectivity index (χ2v) is 7.46. The summed E-state index contributed by atoms with van der Waals surface area (Å²) in [7, 11) is 1.54. The zero-order valence-electron chi connectivity index (χ0n) is 17.4. The summed E-state index contributed by atoms with van der Waals surface area (Å²) >= 11 is 0. The van der Waals surface area contributed by atoms with Crippen LogP contribution in [0.25, 0.3) is 0 Å². The van der Waals surface area contributed by atoms with Crippen LogP contribution in [0, 0.1) is 5.92 Å². The minimum atomic E-state index is -0.863. The van der Waals surface area contributed by atoms with Crippen molar-refractivity contribution in [2.75, 3.05) is 25.2 Å². The number of carbonyl (C=O) groups excluding carboxylic acids is 3. The number of benzene rings is 2. The molecule has 158 valence electrons. The van der Waals surface area contributed by atoms with Gasteiger partial charge in [-0.25, -0.2) is 4.79 Å². The maximum atomic E-state index is 12.6. The molecule has 1 aliphatic rings. The Morgan fingerprint density at radius 3 is 2.43 bits per heavy atom. The molecular weight excluding hydrogens is 384 g/mol. The fourth-order valence-electron chi connectivity index (χ4n) is 3.36. The summed E-state index contributed by atoms with van der Waals surface area (Å²) < 4.78 is 10.3. The summed E-state index contributed by atoms with van der Waals surface area (Å²) in [6, 6.07) is 13.4. The van der Waals surface area contributed by atoms with Gasteiger partial charge in [0, 0.05) is 17.8 Å². The maximum absolute atomic E-state index is 12.6. The van der Waals surface area contributed by atoms with E-state index in [1.54, 1.807) is 50.1 Å². The molecule has 0 radical (unpaired) electrons. The van der Waals surface area contributed by atoms with Crippen molar-refractivity contribution in [3.05, 3.63) is 59.7 Å². The van der Waals surface area contributed by atoms with Gasteiger partial charge in [-0.1, -0.05) is 32.0 Å². The highest BCUT2D eigenvalue weighted by molar-refractivity contribution is 5.99. The van der Waals surface area contributed by atoms with Gasteiger partial charge in [-0.05, 0) is 48.2 Å². The third kappa shape index (κ3) is 4.79. The number of nitrogens with zero attached hydrogens (tertiary/aromatic N) is 1. The van der Waals surface area contributed by atoms with Crippen LogP contribution in [-0.4, -0.2) is 44.1 Å². The molecule has 0 aliphatic carbocycles. The predicted molar refractivity (Wildman–Crippen MR) is 113 cm³/mol. The van der Waals surface area contributed by atoms with Gasteiger partial charge in [0.2, 0.25) is 0 Å². The molecule has 1 heterocycles. The Morgan fingerprint density at radius 1 is 1.07 bits per heavy atom. The molecule has 30 heavy (non-hydrogen) atoms. The fourth-order valence-corrected chi connectivity index (χ4v) is 3.36. The van der Waals surface area contributed by atoms with Crippen LogP contribution in [0.1, 0.15) is 29.8 Å². The molecule has 2 aromatic rings. The van der Waals surface area contributed by atoms with Crippen LogP contribution in [0.4, 0.5) is 5.69 Å². The van der Waals surface area contributed by atoms with E-state index in [9.17, 15) is 14.4 Å². The highest BCUT2D eigenvalue weighted by Crippen LogP contribution is 2.27. The topological polar surface area (TPSA) is 84.9 Å². The second kappa shape index (κ2) is 9.43. The lowest BCUT2D eigenvalue weighted by atomic mass is 10.0. The number of rotatable bonds is 7. The number of hydrogen-bond donors (Lipinski definition) is 1. The molecule has 0 bridgehead atoms. The van der Waals surface area contributed by atoms with E-state index in [1.807, 2.05) is 24.3 Å². The van der Waals surface area contributed by atoms with Crippen LogP contribution in [0.3, 0.4) is 0 Å². The van der Waals surface area contributed by atoms with Gasteiger partial charge in [-0.3, -0.25) is 9.59 Å². The van der Waals surface area contributed by atoms with E-state index in [0.29, 0.717) is 17.9 Å². The van der Waals surface area contributed by atoms with Gasteiger partial charge >= 0.3 is 5.97 Å². The number of para-hydroxylation sites is 1. The molecule has 1 aliphatic heterocycles. The third-order valence-corrected chi connectivity index (χ3v) is 5.09. The second-order valence-electron chi connectivity index (χ2n) is 7.46. The van der Waals surface area contributed by atoms with Crippen molar-refractivity contribution in [1.29, 1.82) is 0 Å². The van der Waals surface area contributed by atoms with Crippen molar-refractivity contribution < 1.29 is 23.9 Å². The smallest absolute Gasteiger partial charge is 0.329 e. The third-order valence-electron chi connectivity index (χ3n) is 5.09. The van der Waals surface area contributed by atoms with Crippen LogP contribution >= 0.6 is 0 Å². The van der Waals surface area contributed by atoms with Crippen molar-refractivity contribution in [3.8, 4) is 5.75 Å². The molecule has 0 spiro atoms. The zero-order chi connectivity index (χ0) is 21.7. The summed E-state index contributed by atoms with van der Waals surface area (Å²) in [6.45, 7) is 3.81. The van der Waals surface area contributed by atoms with E-state index >= 15 is 0 Å². The first-order valence-corrected chi connectivity index (χ1v) is 9.90. The van der Waals surface area contributed by atoms with Crippen LogP contribution in [-0.2, 0) is 20.7 Å². The number of nitrogens with one attached hydrogen (secondary N) is 1. The lowest BCUT2D eigenvalue weighted by molar-refractivity contribution is -0.150. The van der Waals surface area contributed by atoms with Crippen LogP contribution in [0.2, 0.25) is 0 Å². The van der Waals surface area contributed by atoms with Crippen molar-refractivity contribution in [1.82, 2.24) is 5.32 Å². The Hall–Kier alpha value is -3.35. The summed E-state index contributed by atoms with van der Waals surface area (Å²) in [4.78, 5) is 39.3. The van der Waals surface area contributed by atoms with E-state index in [1.165, 1.54) is 0 Å². The Balaban J connectivity index is 1.59. The summed E-state index contributed by atoms with van der Waals surface area (Å²) in [5, 5.41) is 2.70. The van der Waals surface area contributed by atoms with E-state index in [0.717, 1.165) is 17.7 Å². The average molecular weight is 410 g/mol. The lowest BCUT2D eigenvalue weighted by Crippen LogP contribution is -2.46. The summed E-state index contributed by atoms with van der Waals surface area (Å²) in [6.07, 6.45) is 0.780. The monoisotopic (exact) mass is 410 g/mol. The molecule has 3 rings (SSSR count). The van der Waals surface area contributed by atoms with E-state index < -0.39 is 17.9 Å². The van der Waals surface area contributed by atoms with Crippen molar-refractivity contribution in [2.24, 2.45) is 5.92 Å².